The molecule has 6 aliphatic rings. The molecule has 5 saturated heterocycles. The minimum Gasteiger partial charge on any atom is -0.394 e. The Hall–Kier alpha value is -6.45. The van der Waals surface area contributed by atoms with Gasteiger partial charge < -0.3 is 80.8 Å². The average Bonchev–Trinajstić information content (AvgIpc) is 1.53. The Morgan fingerprint density at radius 2 is 1.31 bits per heavy atom. The number of aliphatic hydroxyl groups excluding tert-OH is 2. The monoisotopic (exact) mass is 1280 g/mol. The Bertz CT molecular complexity index is 3330. The van der Waals surface area contributed by atoms with Crippen LogP contribution in [0.2, 0.25) is 0 Å². The van der Waals surface area contributed by atoms with Crippen molar-refractivity contribution in [2.45, 2.75) is 207 Å². The molecule has 1 aromatic carbocycles. The minimum absolute atomic E-state index is 0.0176. The van der Waals surface area contributed by atoms with E-state index in [-0.39, 0.29) is 76.7 Å². The van der Waals surface area contributed by atoms with Gasteiger partial charge in [-0.1, -0.05) is 34.6 Å². The molecule has 7 amide bonds. The maximum Gasteiger partial charge on any atom is 0.472 e. The van der Waals surface area contributed by atoms with E-state index in [4.69, 9.17) is 48.2 Å². The zero-order valence-electron chi connectivity index (χ0n) is 53.7. The zero-order valence-corrected chi connectivity index (χ0v) is 54.6. The van der Waals surface area contributed by atoms with Crippen molar-refractivity contribution in [2.75, 3.05) is 13.2 Å². The number of imidazole rings is 1. The number of carbonyl (C=O) groups excluding carboxylic acids is 7. The van der Waals surface area contributed by atoms with E-state index in [0.717, 1.165) is 33.5 Å². The highest BCUT2D eigenvalue weighted by molar-refractivity contribution is 7.47. The lowest BCUT2D eigenvalue weighted by atomic mass is 9.56. The van der Waals surface area contributed by atoms with Gasteiger partial charge in [-0.25, -0.2) is 9.55 Å². The van der Waals surface area contributed by atoms with E-state index in [1.165, 1.54) is 6.92 Å². The fraction of sp³-hybridized carbons (Fsp3) is 0.677. The Balaban J connectivity index is 1.18. The number of nitrogens with zero attached hydrogens (tertiary/aromatic N) is 1. The van der Waals surface area contributed by atoms with E-state index < -0.39 is 156 Å². The highest BCUT2D eigenvalue weighted by Crippen LogP contribution is 2.62. The van der Waals surface area contributed by atoms with Crippen molar-refractivity contribution in [3.05, 3.63) is 63.9 Å². The fourth-order valence-electron chi connectivity index (χ4n) is 16.7. The number of ether oxygens (including phenoxy) is 1. The number of primary amides is 6. The first-order chi connectivity index (χ1) is 41.8. The molecule has 8 rings (SSSR count). The number of aliphatic hydroxyl groups is 2. The smallest absolute Gasteiger partial charge is 0.394 e. The Morgan fingerprint density at radius 3 is 1.90 bits per heavy atom. The first-order valence-electron chi connectivity index (χ1n) is 31.2. The summed E-state index contributed by atoms with van der Waals surface area (Å²) in [5, 5.41) is 40.2. The molecule has 18 atom stereocenters. The third-order valence-electron chi connectivity index (χ3n) is 21.8. The lowest BCUT2D eigenvalue weighted by molar-refractivity contribution is -0.743. The van der Waals surface area contributed by atoms with Crippen LogP contribution in [-0.4, -0.2) is 129 Å². The zero-order chi connectivity index (χ0) is 66.7. The Labute approximate surface area is 525 Å². The van der Waals surface area contributed by atoms with Crippen LogP contribution in [0.3, 0.4) is 0 Å². The van der Waals surface area contributed by atoms with Gasteiger partial charge >= 0.3 is 7.82 Å². The number of hydrogen-bond donors (Lipinski definition) is 15. The number of aryl methyl sites for hydroxylation is 2. The van der Waals surface area contributed by atoms with Crippen molar-refractivity contribution in [1.82, 2.24) is 31.6 Å². The third kappa shape index (κ3) is 13.2. The highest BCUT2D eigenvalue weighted by Gasteiger charge is 2.68. The van der Waals surface area contributed by atoms with Crippen molar-refractivity contribution >= 4 is 60.2 Å². The van der Waals surface area contributed by atoms with Crippen LogP contribution in [0.5, 0.6) is 0 Å². The molecule has 7 heterocycles. The van der Waals surface area contributed by atoms with Crippen LogP contribution in [-0.2, 0) is 51.9 Å². The van der Waals surface area contributed by atoms with Crippen molar-refractivity contribution in [1.29, 1.82) is 0 Å². The molecule has 6 aliphatic heterocycles. The molecule has 21 N–H and O–H groups in total. The van der Waals surface area contributed by atoms with Crippen LogP contribution >= 0.6 is 7.82 Å². The second-order valence-corrected chi connectivity index (χ2v) is 29.3. The minimum atomic E-state index is -5.04. The molecule has 0 radical (unpaired) electrons. The van der Waals surface area contributed by atoms with Gasteiger partial charge in [-0.3, -0.25) is 42.6 Å². The number of allylic oxidation sites excluding steroid dienone is 3. The summed E-state index contributed by atoms with van der Waals surface area (Å²) < 4.78 is 32.4. The van der Waals surface area contributed by atoms with Crippen LogP contribution in [0.4, 0.5) is 0 Å². The molecule has 27 nitrogen and oxygen atoms in total. The molecule has 0 saturated carbocycles. The van der Waals surface area contributed by atoms with E-state index >= 15 is 0 Å². The van der Waals surface area contributed by atoms with E-state index in [0.29, 0.717) is 23.3 Å². The number of fused-ring (bicyclic) bond motifs is 10. The first-order valence-corrected chi connectivity index (χ1v) is 32.7. The number of H-pyrrole nitrogens is 1. The molecule has 90 heavy (non-hydrogen) atoms. The van der Waals surface area contributed by atoms with Crippen molar-refractivity contribution in [3.63, 3.8) is 0 Å². The lowest BCUT2D eigenvalue weighted by Gasteiger charge is -2.49. The quantitative estimate of drug-likeness (QED) is 0.0464. The van der Waals surface area contributed by atoms with Crippen LogP contribution in [0, 0.1) is 59.2 Å². The molecule has 0 spiro atoms. The lowest BCUT2D eigenvalue weighted by Crippen LogP contribution is -2.64. The fourth-order valence-corrected chi connectivity index (χ4v) is 17.9. The number of benzene rings is 1. The molecule has 498 valence electrons. The van der Waals surface area contributed by atoms with Gasteiger partial charge in [0.2, 0.25) is 53.9 Å². The topological polar surface area (TPSA) is 461 Å². The second-order valence-electron chi connectivity index (χ2n) is 27.9. The summed E-state index contributed by atoms with van der Waals surface area (Å²) in [7, 11) is -5.04. The summed E-state index contributed by atoms with van der Waals surface area (Å²) in [4.78, 5) is 108. The average molecular weight is 1280 g/mol. The first kappa shape index (κ1) is 69.4. The number of amides is 7. The number of carbonyl (C=O) groups is 7. The van der Waals surface area contributed by atoms with E-state index in [1.54, 1.807) is 10.9 Å². The molecular weight excluding hydrogens is 1180 g/mol. The molecule has 5 fully saturated rings. The van der Waals surface area contributed by atoms with Gasteiger partial charge in [0.1, 0.15) is 18.3 Å². The van der Waals surface area contributed by atoms with Gasteiger partial charge in [-0.15, -0.1) is 0 Å². The number of aromatic nitrogens is 2. The molecule has 28 heteroatoms. The van der Waals surface area contributed by atoms with Crippen molar-refractivity contribution < 1.29 is 71.6 Å². The van der Waals surface area contributed by atoms with E-state index in [2.05, 4.69) is 51.5 Å². The van der Waals surface area contributed by atoms with E-state index in [9.17, 15) is 53.2 Å². The SMILES string of the molecule is C/C1=C2/NC(/C=C3\N[C@@H](/C(C)=C4\N[C@H]([C@H](CC(N)=O)[C@@]4(C)CCC(=O)NC[C@@H](C)OP(=O)(O)O[C@H]4[C@@H](O)[C@@H]([n+]5c[nH]c6cc(C)c(C)cc65)O[C@@H]4CO)[C@]4(C)NC1[C@@H](CCC(N)=O)[C@]4(C)CC(N)=O)[C@@H](CCC(N)=O)C3(C)C)[C@@H](CCC(N)=O)[C@]2(C)CC(N)=O. The summed E-state index contributed by atoms with van der Waals surface area (Å²) in [5.41, 5.74) is 38.1. The summed E-state index contributed by atoms with van der Waals surface area (Å²) >= 11 is 0. The highest BCUT2D eigenvalue weighted by atomic mass is 31.2. The standard InChI is InChI=1S/C62H96N13O14P/c1-29-20-39-40(21-30(29)2)75(28-70-39)57-52(84)53(41(27-76)87-57)89-90(85,86)88-31(3)26-69-49(83)18-19-59(8)37(22-46(66)80)56-62(11)61(10,25-48(68)82)36(14-17-45(65)79)51(74-62)33(5)55-60(9,24-47(67)81)34(12-15-43(63)77)38(71-55)23-42-58(6,7)35(13-16-44(64)78)50(72-42)32(4)54(59)73-56/h20-21,23,28,31,34-38,41,50-53,56-57,71-74,76,84H,12-19,22,24-27H2,1-11H3,(H14,63,64,65,66,67,68,69,77,78,79,80,81,82,83,85,86)/p+1/b42-23-,54-32-,55-33-/t31-,34-,35-,36-,37+,38?,41-,50+,51?,52-,53-,56-,57+,59-,60+,61+,62+/m1/s1. The number of rotatable bonds is 26. The predicted octanol–water partition coefficient (Wildman–Crippen LogP) is 1.13. The second kappa shape index (κ2) is 25.9. The molecular formula is C62H97N13O14P+. The van der Waals surface area contributed by atoms with Crippen molar-refractivity contribution in [3.8, 4) is 0 Å². The largest absolute Gasteiger partial charge is 0.472 e. The van der Waals surface area contributed by atoms with Gasteiger partial charge in [0, 0.05) is 120 Å². The number of hydrogen-bond acceptors (Lipinski definition) is 17. The van der Waals surface area contributed by atoms with Gasteiger partial charge in [-0.05, 0) is 125 Å². The Kier molecular flexibility index (Phi) is 20.0. The maximum absolute atomic E-state index is 14.4. The maximum atomic E-state index is 14.4. The van der Waals surface area contributed by atoms with Gasteiger partial charge in [0.05, 0.1) is 18.8 Å². The molecule has 0 aliphatic carbocycles. The van der Waals surface area contributed by atoms with Crippen LogP contribution in [0.1, 0.15) is 150 Å². The summed E-state index contributed by atoms with van der Waals surface area (Å²) in [6, 6.07) is 1.26. The summed E-state index contributed by atoms with van der Waals surface area (Å²) in [6.45, 7) is 20.1. The molecule has 8 bridgehead atoms. The molecule has 2 aromatic rings. The van der Waals surface area contributed by atoms with Gasteiger partial charge in [0.25, 0.3) is 0 Å². The number of nitrogens with one attached hydrogen (secondary N) is 6. The van der Waals surface area contributed by atoms with Gasteiger partial charge in [0.15, 0.2) is 11.0 Å². The van der Waals surface area contributed by atoms with Crippen molar-refractivity contribution in [2.24, 2.45) is 79.7 Å². The third-order valence-corrected chi connectivity index (χ3v) is 22.9. The van der Waals surface area contributed by atoms with Crippen LogP contribution in [0.15, 0.2) is 52.8 Å². The molecule has 3 unspecified atom stereocenters. The number of nitrogens with two attached hydrogens (primary N) is 6. The predicted molar refractivity (Wildman–Crippen MR) is 331 cm³/mol. The van der Waals surface area contributed by atoms with E-state index in [1.807, 2.05) is 67.5 Å². The summed E-state index contributed by atoms with van der Waals surface area (Å²) in [5.74, 6) is -6.18. The summed E-state index contributed by atoms with van der Waals surface area (Å²) in [6.07, 6.45) is -2.93. The van der Waals surface area contributed by atoms with Crippen LogP contribution in [0.25, 0.3) is 11.0 Å². The van der Waals surface area contributed by atoms with Gasteiger partial charge in [-0.2, -0.15) is 4.57 Å². The normalized spacial score (nSPS) is 36.7. The number of phosphoric acid groups is 1. The molecule has 1 aromatic heterocycles. The Morgan fingerprint density at radius 1 is 0.733 bits per heavy atom. The number of phosphoric ester groups is 1. The van der Waals surface area contributed by atoms with Crippen LogP contribution < -0.4 is 65.6 Å². The number of aromatic amines is 1.